The zero-order valence-corrected chi connectivity index (χ0v) is 14.9. The van der Waals surface area contributed by atoms with Gasteiger partial charge in [0.15, 0.2) is 11.6 Å². The molecule has 0 saturated carbocycles. The van der Waals surface area contributed by atoms with Crippen LogP contribution >= 0.6 is 12.6 Å². The number of ether oxygens (including phenoxy) is 1. The average Bonchev–Trinajstić information content (AvgIpc) is 3.11. The van der Waals surface area contributed by atoms with Crippen molar-refractivity contribution in [3.05, 3.63) is 65.5 Å². The molecule has 0 saturated heterocycles. The molecule has 0 amide bonds. The third-order valence-electron chi connectivity index (χ3n) is 4.04. The monoisotopic (exact) mass is 350 g/mol. The number of hydrogen-bond acceptors (Lipinski definition) is 5. The van der Waals surface area contributed by atoms with Crippen LogP contribution in [0.4, 0.5) is 0 Å². The van der Waals surface area contributed by atoms with Crippen molar-refractivity contribution in [3.63, 3.8) is 0 Å². The number of thiol groups is 1. The van der Waals surface area contributed by atoms with Crippen LogP contribution in [0.5, 0.6) is 5.75 Å². The Kier molecular flexibility index (Phi) is 5.05. The molecule has 6 heteroatoms. The number of rotatable bonds is 5. The second-order valence-corrected chi connectivity index (χ2v) is 6.01. The summed E-state index contributed by atoms with van der Waals surface area (Å²) in [6, 6.07) is 17.2. The lowest BCUT2D eigenvalue weighted by Gasteiger charge is -2.13. The number of methoxy groups -OCH3 is 1. The molecule has 0 aliphatic heterocycles. The van der Waals surface area contributed by atoms with Crippen molar-refractivity contribution in [2.45, 2.75) is 18.7 Å². The Morgan fingerprint density at radius 1 is 1.12 bits per heavy atom. The molecule has 25 heavy (non-hydrogen) atoms. The fourth-order valence-corrected chi connectivity index (χ4v) is 3.03. The molecule has 0 aliphatic rings. The Balaban J connectivity index is 1.96. The van der Waals surface area contributed by atoms with Crippen LogP contribution in [0.3, 0.4) is 0 Å². The first-order valence-corrected chi connectivity index (χ1v) is 8.45. The van der Waals surface area contributed by atoms with E-state index >= 15 is 0 Å². The average molecular weight is 350 g/mol. The van der Waals surface area contributed by atoms with E-state index in [1.807, 2.05) is 36.4 Å². The highest BCUT2D eigenvalue weighted by Crippen LogP contribution is 2.30. The molecule has 1 heterocycles. The second-order valence-electron chi connectivity index (χ2n) is 5.49. The predicted molar refractivity (Wildman–Crippen MR) is 99.7 cm³/mol. The van der Waals surface area contributed by atoms with Gasteiger partial charge in [0.1, 0.15) is 5.75 Å². The molecule has 1 aromatic heterocycles. The Labute approximate surface area is 152 Å². The van der Waals surface area contributed by atoms with Crippen molar-refractivity contribution in [3.8, 4) is 23.2 Å². The predicted octanol–water partition coefficient (Wildman–Crippen LogP) is 3.86. The topological polar surface area (TPSA) is 63.7 Å². The lowest BCUT2D eigenvalue weighted by Crippen LogP contribution is -2.07. The Morgan fingerprint density at radius 3 is 2.36 bits per heavy atom. The van der Waals surface area contributed by atoms with Crippen LogP contribution in [-0.2, 0) is 6.54 Å². The smallest absolute Gasteiger partial charge is 0.163 e. The van der Waals surface area contributed by atoms with Crippen molar-refractivity contribution in [1.29, 1.82) is 5.26 Å². The molecule has 0 N–H and O–H groups in total. The summed E-state index contributed by atoms with van der Waals surface area (Å²) >= 11 is 4.73. The fourth-order valence-electron chi connectivity index (χ4n) is 2.67. The number of aromatic nitrogens is 3. The van der Waals surface area contributed by atoms with E-state index in [1.165, 1.54) is 0 Å². The summed E-state index contributed by atoms with van der Waals surface area (Å²) in [4.78, 5) is 0. The van der Waals surface area contributed by atoms with Crippen LogP contribution in [0, 0.1) is 11.3 Å². The third kappa shape index (κ3) is 3.37. The van der Waals surface area contributed by atoms with E-state index in [0.29, 0.717) is 5.56 Å². The van der Waals surface area contributed by atoms with E-state index < -0.39 is 0 Å². The molecule has 0 spiro atoms. The third-order valence-corrected chi connectivity index (χ3v) is 4.57. The molecule has 2 aromatic carbocycles. The van der Waals surface area contributed by atoms with Gasteiger partial charge in [0.25, 0.3) is 0 Å². The SMILES string of the molecule is CCn1c(-c2ccc(OC)cc2)nnc1C(S)c1ccc(C#N)cc1. The normalized spacial score (nSPS) is 11.8. The summed E-state index contributed by atoms with van der Waals surface area (Å²) in [5, 5.41) is 17.4. The molecule has 126 valence electrons. The summed E-state index contributed by atoms with van der Waals surface area (Å²) in [5.74, 6) is 2.38. The van der Waals surface area contributed by atoms with Crippen LogP contribution < -0.4 is 4.74 Å². The molecular weight excluding hydrogens is 332 g/mol. The second kappa shape index (κ2) is 7.41. The Bertz CT molecular complexity index is 895. The standard InChI is InChI=1S/C19H18N4OS/c1-3-23-18(15-8-10-16(24-2)11-9-15)21-22-19(23)17(25)14-6-4-13(12-20)5-7-14/h4-11,17,25H,3H2,1-2H3. The quantitative estimate of drug-likeness (QED) is 0.710. The maximum absolute atomic E-state index is 8.93. The molecule has 1 atom stereocenters. The van der Waals surface area contributed by atoms with Crippen molar-refractivity contribution in [2.75, 3.05) is 7.11 Å². The van der Waals surface area contributed by atoms with E-state index in [4.69, 9.17) is 22.6 Å². The van der Waals surface area contributed by atoms with Crippen molar-refractivity contribution in [1.82, 2.24) is 14.8 Å². The fraction of sp³-hybridized carbons (Fsp3) is 0.211. The highest BCUT2D eigenvalue weighted by molar-refractivity contribution is 7.80. The van der Waals surface area contributed by atoms with Gasteiger partial charge >= 0.3 is 0 Å². The van der Waals surface area contributed by atoms with Crippen LogP contribution in [-0.4, -0.2) is 21.9 Å². The minimum Gasteiger partial charge on any atom is -0.497 e. The van der Waals surface area contributed by atoms with Gasteiger partial charge in [0, 0.05) is 12.1 Å². The van der Waals surface area contributed by atoms with Gasteiger partial charge in [-0.25, -0.2) is 0 Å². The van der Waals surface area contributed by atoms with E-state index in [2.05, 4.69) is 27.8 Å². The molecule has 0 radical (unpaired) electrons. The summed E-state index contributed by atoms with van der Waals surface area (Å²) in [6.07, 6.45) is 0. The molecular formula is C19H18N4OS. The molecule has 3 aromatic rings. The van der Waals surface area contributed by atoms with Gasteiger partial charge in [-0.3, -0.25) is 0 Å². The molecule has 0 bridgehead atoms. The van der Waals surface area contributed by atoms with Gasteiger partial charge in [-0.2, -0.15) is 17.9 Å². The van der Waals surface area contributed by atoms with Crippen molar-refractivity contribution >= 4 is 12.6 Å². The summed E-state index contributed by atoms with van der Waals surface area (Å²) in [5.41, 5.74) is 2.58. The first-order valence-electron chi connectivity index (χ1n) is 7.93. The zero-order valence-electron chi connectivity index (χ0n) is 14.0. The minimum atomic E-state index is -0.216. The van der Waals surface area contributed by atoms with Gasteiger partial charge < -0.3 is 9.30 Å². The number of nitrogens with zero attached hydrogens (tertiary/aromatic N) is 4. The highest BCUT2D eigenvalue weighted by Gasteiger charge is 2.20. The summed E-state index contributed by atoms with van der Waals surface area (Å²) in [7, 11) is 1.64. The first-order chi connectivity index (χ1) is 12.2. The van der Waals surface area contributed by atoms with Gasteiger partial charge in [-0.15, -0.1) is 10.2 Å². The zero-order chi connectivity index (χ0) is 17.8. The first kappa shape index (κ1) is 17.1. The Morgan fingerprint density at radius 2 is 1.80 bits per heavy atom. The summed E-state index contributed by atoms with van der Waals surface area (Å²) < 4.78 is 7.26. The van der Waals surface area contributed by atoms with Crippen molar-refractivity contribution < 1.29 is 4.74 Å². The van der Waals surface area contributed by atoms with E-state index in [0.717, 1.165) is 35.1 Å². The van der Waals surface area contributed by atoms with Gasteiger partial charge in [-0.1, -0.05) is 12.1 Å². The van der Waals surface area contributed by atoms with Crippen LogP contribution in [0.1, 0.15) is 29.1 Å². The maximum atomic E-state index is 8.93. The molecule has 0 fully saturated rings. The minimum absolute atomic E-state index is 0.216. The largest absolute Gasteiger partial charge is 0.497 e. The molecule has 1 unspecified atom stereocenters. The lowest BCUT2D eigenvalue weighted by atomic mass is 10.1. The van der Waals surface area contributed by atoms with Crippen LogP contribution in [0.25, 0.3) is 11.4 Å². The maximum Gasteiger partial charge on any atom is 0.163 e. The molecule has 3 rings (SSSR count). The lowest BCUT2D eigenvalue weighted by molar-refractivity contribution is 0.415. The van der Waals surface area contributed by atoms with Gasteiger partial charge in [0.05, 0.1) is 24.0 Å². The van der Waals surface area contributed by atoms with Crippen LogP contribution in [0.2, 0.25) is 0 Å². The Hall–Kier alpha value is -2.78. The highest BCUT2D eigenvalue weighted by atomic mass is 32.1. The molecule has 0 aliphatic carbocycles. The molecule has 5 nitrogen and oxygen atoms in total. The van der Waals surface area contributed by atoms with E-state index in [9.17, 15) is 0 Å². The number of benzene rings is 2. The number of hydrogen-bond donors (Lipinski definition) is 1. The van der Waals surface area contributed by atoms with Crippen molar-refractivity contribution in [2.24, 2.45) is 0 Å². The van der Waals surface area contributed by atoms with E-state index in [-0.39, 0.29) is 5.25 Å². The van der Waals surface area contributed by atoms with E-state index in [1.54, 1.807) is 19.2 Å². The summed E-state index contributed by atoms with van der Waals surface area (Å²) in [6.45, 7) is 2.79. The number of nitriles is 1. The van der Waals surface area contributed by atoms with Crippen LogP contribution in [0.15, 0.2) is 48.5 Å². The van der Waals surface area contributed by atoms with Gasteiger partial charge in [0.2, 0.25) is 0 Å². The van der Waals surface area contributed by atoms with Gasteiger partial charge in [-0.05, 0) is 48.9 Å².